The Bertz CT molecular complexity index is 394. The van der Waals surface area contributed by atoms with Gasteiger partial charge in [0.25, 0.3) is 0 Å². The van der Waals surface area contributed by atoms with Crippen LogP contribution in [0.5, 0.6) is 0 Å². The Morgan fingerprint density at radius 2 is 2.17 bits per heavy atom. The monoisotopic (exact) mass is 183 g/mol. The van der Waals surface area contributed by atoms with Crippen LogP contribution >= 0.6 is 12.4 Å². The molecule has 0 bridgehead atoms. The number of anilines is 1. The van der Waals surface area contributed by atoms with Gasteiger partial charge in [-0.3, -0.25) is 0 Å². The Kier molecular flexibility index (Phi) is 2.24. The van der Waals surface area contributed by atoms with E-state index in [1.54, 1.807) is 6.07 Å². The number of hydrogen-bond acceptors (Lipinski definition) is 2. The van der Waals surface area contributed by atoms with Gasteiger partial charge in [0.15, 0.2) is 0 Å². The van der Waals surface area contributed by atoms with E-state index >= 15 is 0 Å². The second-order valence-electron chi connectivity index (χ2n) is 2.62. The highest BCUT2D eigenvalue weighted by Gasteiger charge is 1.97. The van der Waals surface area contributed by atoms with E-state index in [9.17, 15) is 0 Å². The molecule has 0 atom stereocenters. The predicted molar refractivity (Wildman–Crippen MR) is 52.5 cm³/mol. The van der Waals surface area contributed by atoms with Crippen LogP contribution in [0.25, 0.3) is 11.0 Å². The molecule has 2 rings (SSSR count). The molecule has 0 saturated carbocycles. The van der Waals surface area contributed by atoms with Crippen molar-refractivity contribution in [2.75, 3.05) is 5.73 Å². The summed E-state index contributed by atoms with van der Waals surface area (Å²) in [5.41, 5.74) is 8.59. The van der Waals surface area contributed by atoms with Crippen molar-refractivity contribution >= 4 is 29.3 Å². The SMILES string of the molecule is Cc1cc2nc(N)ccc2[nH]1.Cl. The van der Waals surface area contributed by atoms with Gasteiger partial charge in [-0.05, 0) is 25.1 Å². The van der Waals surface area contributed by atoms with E-state index < -0.39 is 0 Å². The number of nitrogens with zero attached hydrogens (tertiary/aromatic N) is 1. The fourth-order valence-electron chi connectivity index (χ4n) is 1.16. The number of hydrogen-bond donors (Lipinski definition) is 2. The summed E-state index contributed by atoms with van der Waals surface area (Å²) in [4.78, 5) is 7.31. The lowest BCUT2D eigenvalue weighted by atomic mass is 10.4. The van der Waals surface area contributed by atoms with Gasteiger partial charge >= 0.3 is 0 Å². The van der Waals surface area contributed by atoms with Gasteiger partial charge < -0.3 is 10.7 Å². The maximum Gasteiger partial charge on any atom is 0.124 e. The van der Waals surface area contributed by atoms with E-state index in [0.717, 1.165) is 16.7 Å². The lowest BCUT2D eigenvalue weighted by Gasteiger charge is -1.89. The second-order valence-corrected chi connectivity index (χ2v) is 2.62. The van der Waals surface area contributed by atoms with Gasteiger partial charge in [0, 0.05) is 5.69 Å². The van der Waals surface area contributed by atoms with Crippen molar-refractivity contribution in [1.29, 1.82) is 0 Å². The number of pyridine rings is 1. The summed E-state index contributed by atoms with van der Waals surface area (Å²) in [6, 6.07) is 5.70. The summed E-state index contributed by atoms with van der Waals surface area (Å²) in [6.07, 6.45) is 0. The first-order valence-electron chi connectivity index (χ1n) is 3.47. The molecule has 3 nitrogen and oxygen atoms in total. The maximum absolute atomic E-state index is 5.51. The summed E-state index contributed by atoms with van der Waals surface area (Å²) in [5.74, 6) is 0.566. The Labute approximate surface area is 76.4 Å². The number of nitrogen functional groups attached to an aromatic ring is 1. The van der Waals surface area contributed by atoms with Gasteiger partial charge in [-0.25, -0.2) is 4.98 Å². The van der Waals surface area contributed by atoms with Crippen LogP contribution in [0.1, 0.15) is 5.69 Å². The molecule has 0 unspecified atom stereocenters. The third-order valence-electron chi connectivity index (χ3n) is 1.63. The predicted octanol–water partition coefficient (Wildman–Crippen LogP) is 1.88. The standard InChI is InChI=1S/C8H9N3.ClH/c1-5-4-7-6(10-5)2-3-8(9)11-7;/h2-4,10H,1H3,(H2,9,11);1H. The Morgan fingerprint density at radius 1 is 1.42 bits per heavy atom. The minimum Gasteiger partial charge on any atom is -0.384 e. The molecule has 2 aromatic rings. The molecule has 0 aromatic carbocycles. The van der Waals surface area contributed by atoms with E-state index in [1.807, 2.05) is 19.1 Å². The first-order valence-corrected chi connectivity index (χ1v) is 3.47. The number of nitrogens with two attached hydrogens (primary N) is 1. The van der Waals surface area contributed by atoms with Crippen LogP contribution in [0.4, 0.5) is 5.82 Å². The molecule has 0 saturated heterocycles. The number of aromatic nitrogens is 2. The summed E-state index contributed by atoms with van der Waals surface area (Å²) >= 11 is 0. The summed E-state index contributed by atoms with van der Waals surface area (Å²) < 4.78 is 0. The second kappa shape index (κ2) is 3.03. The highest BCUT2D eigenvalue weighted by Crippen LogP contribution is 2.13. The largest absolute Gasteiger partial charge is 0.384 e. The molecule has 0 fully saturated rings. The van der Waals surface area contributed by atoms with Crippen LogP contribution < -0.4 is 5.73 Å². The molecule has 0 radical (unpaired) electrons. The molecule has 12 heavy (non-hydrogen) atoms. The minimum absolute atomic E-state index is 0. The molecular formula is C8H10ClN3. The highest BCUT2D eigenvalue weighted by atomic mass is 35.5. The van der Waals surface area contributed by atoms with E-state index in [4.69, 9.17) is 5.73 Å². The quantitative estimate of drug-likeness (QED) is 0.655. The molecule has 3 N–H and O–H groups in total. The third-order valence-corrected chi connectivity index (χ3v) is 1.63. The molecule has 2 aromatic heterocycles. The van der Waals surface area contributed by atoms with Crippen molar-refractivity contribution in [2.45, 2.75) is 6.92 Å². The average Bonchev–Trinajstić information content (AvgIpc) is 2.27. The lowest BCUT2D eigenvalue weighted by Crippen LogP contribution is -1.87. The summed E-state index contributed by atoms with van der Waals surface area (Å²) in [5, 5.41) is 0. The van der Waals surface area contributed by atoms with Crippen molar-refractivity contribution in [2.24, 2.45) is 0 Å². The topological polar surface area (TPSA) is 54.7 Å². The van der Waals surface area contributed by atoms with Crippen molar-refractivity contribution in [3.05, 3.63) is 23.9 Å². The molecule has 0 spiro atoms. The van der Waals surface area contributed by atoms with Crippen molar-refractivity contribution in [3.63, 3.8) is 0 Å². The third kappa shape index (κ3) is 1.36. The number of fused-ring (bicyclic) bond motifs is 1. The van der Waals surface area contributed by atoms with Gasteiger partial charge in [0.2, 0.25) is 0 Å². The first-order chi connectivity index (χ1) is 5.25. The van der Waals surface area contributed by atoms with Crippen LogP contribution in [0, 0.1) is 6.92 Å². The van der Waals surface area contributed by atoms with Crippen molar-refractivity contribution in [3.8, 4) is 0 Å². The Balaban J connectivity index is 0.000000720. The normalized spacial score (nSPS) is 9.75. The van der Waals surface area contributed by atoms with Gasteiger partial charge in [-0.2, -0.15) is 0 Å². The fraction of sp³-hybridized carbons (Fsp3) is 0.125. The van der Waals surface area contributed by atoms with E-state index in [1.165, 1.54) is 0 Å². The zero-order valence-electron chi connectivity index (χ0n) is 6.66. The molecule has 0 amide bonds. The smallest absolute Gasteiger partial charge is 0.124 e. The van der Waals surface area contributed by atoms with Crippen LogP contribution in [-0.4, -0.2) is 9.97 Å². The van der Waals surface area contributed by atoms with Crippen LogP contribution in [0.2, 0.25) is 0 Å². The number of aromatic amines is 1. The average molecular weight is 184 g/mol. The first kappa shape index (κ1) is 8.87. The fourth-order valence-corrected chi connectivity index (χ4v) is 1.16. The Morgan fingerprint density at radius 3 is 2.92 bits per heavy atom. The van der Waals surface area contributed by atoms with Crippen LogP contribution in [-0.2, 0) is 0 Å². The molecule has 0 aliphatic carbocycles. The zero-order chi connectivity index (χ0) is 7.84. The maximum atomic E-state index is 5.51. The number of H-pyrrole nitrogens is 1. The van der Waals surface area contributed by atoms with Crippen molar-refractivity contribution in [1.82, 2.24) is 9.97 Å². The Hall–Kier alpha value is -1.22. The number of halogens is 1. The van der Waals surface area contributed by atoms with E-state index in [-0.39, 0.29) is 12.4 Å². The van der Waals surface area contributed by atoms with Gasteiger partial charge in [-0.1, -0.05) is 0 Å². The molecule has 0 aliphatic heterocycles. The minimum atomic E-state index is 0. The molecule has 64 valence electrons. The van der Waals surface area contributed by atoms with Gasteiger partial charge in [0.05, 0.1) is 11.0 Å². The number of rotatable bonds is 0. The van der Waals surface area contributed by atoms with E-state index in [2.05, 4.69) is 9.97 Å². The molecule has 0 aliphatic rings. The zero-order valence-corrected chi connectivity index (χ0v) is 7.48. The summed E-state index contributed by atoms with van der Waals surface area (Å²) in [7, 11) is 0. The van der Waals surface area contributed by atoms with Gasteiger partial charge in [-0.15, -0.1) is 12.4 Å². The lowest BCUT2D eigenvalue weighted by molar-refractivity contribution is 1.30. The molecular weight excluding hydrogens is 174 g/mol. The molecule has 4 heteroatoms. The summed E-state index contributed by atoms with van der Waals surface area (Å²) in [6.45, 7) is 2.00. The van der Waals surface area contributed by atoms with Crippen LogP contribution in [0.3, 0.4) is 0 Å². The van der Waals surface area contributed by atoms with Crippen molar-refractivity contribution < 1.29 is 0 Å². The number of nitrogens with one attached hydrogen (secondary N) is 1. The van der Waals surface area contributed by atoms with Crippen LogP contribution in [0.15, 0.2) is 18.2 Å². The van der Waals surface area contributed by atoms with E-state index in [0.29, 0.717) is 5.82 Å². The number of aryl methyl sites for hydroxylation is 1. The van der Waals surface area contributed by atoms with Gasteiger partial charge in [0.1, 0.15) is 5.82 Å². The highest BCUT2D eigenvalue weighted by molar-refractivity contribution is 5.85. The molecule has 2 heterocycles.